The zero-order valence-corrected chi connectivity index (χ0v) is 20.0. The molecule has 0 N–H and O–H groups in total. The highest BCUT2D eigenvalue weighted by molar-refractivity contribution is 5.89. The normalized spacial score (nSPS) is 32.0. The van der Waals surface area contributed by atoms with Gasteiger partial charge in [-0.15, -0.1) is 0 Å². The van der Waals surface area contributed by atoms with Gasteiger partial charge >= 0.3 is 5.97 Å². The highest BCUT2D eigenvalue weighted by Gasteiger charge is 2.50. The lowest BCUT2D eigenvalue weighted by molar-refractivity contribution is -0.0768. The van der Waals surface area contributed by atoms with Gasteiger partial charge in [0.2, 0.25) is 0 Å². The number of rotatable bonds is 10. The van der Waals surface area contributed by atoms with Crippen LogP contribution in [0, 0.1) is 23.2 Å². The predicted molar refractivity (Wildman–Crippen MR) is 125 cm³/mol. The van der Waals surface area contributed by atoms with Crippen LogP contribution in [0.4, 0.5) is 0 Å². The molecule has 0 amide bonds. The van der Waals surface area contributed by atoms with Crippen LogP contribution in [0.1, 0.15) is 55.3 Å². The van der Waals surface area contributed by atoms with E-state index < -0.39 is 0 Å². The summed E-state index contributed by atoms with van der Waals surface area (Å²) in [4.78, 5) is 15.1. The number of hydrogen-bond acceptors (Lipinski definition) is 6. The Kier molecular flexibility index (Phi) is 7.24. The van der Waals surface area contributed by atoms with Crippen molar-refractivity contribution in [1.29, 1.82) is 0 Å². The van der Waals surface area contributed by atoms with Gasteiger partial charge in [0.15, 0.2) is 0 Å². The van der Waals surface area contributed by atoms with Gasteiger partial charge in [-0.3, -0.25) is 4.90 Å². The van der Waals surface area contributed by atoms with Crippen molar-refractivity contribution in [2.75, 3.05) is 53.2 Å². The van der Waals surface area contributed by atoms with Crippen molar-refractivity contribution in [3.05, 3.63) is 29.8 Å². The lowest BCUT2D eigenvalue weighted by Crippen LogP contribution is -2.46. The smallest absolute Gasteiger partial charge is 0.338 e. The number of esters is 1. The molecule has 0 radical (unpaired) electrons. The first-order valence-electron chi connectivity index (χ1n) is 12.8. The zero-order valence-electron chi connectivity index (χ0n) is 20.0. The molecule has 0 spiro atoms. The van der Waals surface area contributed by atoms with E-state index in [1.807, 2.05) is 0 Å². The minimum absolute atomic E-state index is 0.283. The van der Waals surface area contributed by atoms with E-state index in [2.05, 4.69) is 4.90 Å². The standard InChI is InChI=1S/C27H39NO5/c1-30-24-4-2-23(3-5-24)26(29)33-25(18-28-7-10-31-11-8-28)19-32-9-6-27-15-20-12-21(16-27)14-22(13-20)17-27/h2-5,20-22,25H,6-19H2,1H3/t20?,21?,22?,25-,27?/m0/s1. The maximum absolute atomic E-state index is 12.8. The molecule has 1 aliphatic heterocycles. The summed E-state index contributed by atoms with van der Waals surface area (Å²) in [5, 5.41) is 0. The number of carbonyl (C=O) groups is 1. The van der Waals surface area contributed by atoms with E-state index in [9.17, 15) is 4.79 Å². The highest BCUT2D eigenvalue weighted by atomic mass is 16.6. The van der Waals surface area contributed by atoms with Crippen molar-refractivity contribution < 1.29 is 23.7 Å². The molecule has 5 aliphatic rings. The van der Waals surface area contributed by atoms with Crippen molar-refractivity contribution in [2.45, 2.75) is 51.0 Å². The molecule has 4 saturated carbocycles. The van der Waals surface area contributed by atoms with Crippen molar-refractivity contribution in [2.24, 2.45) is 23.2 Å². The number of methoxy groups -OCH3 is 1. The van der Waals surface area contributed by atoms with E-state index in [-0.39, 0.29) is 12.1 Å². The molecule has 182 valence electrons. The first-order chi connectivity index (χ1) is 16.1. The molecule has 6 rings (SSSR count). The summed E-state index contributed by atoms with van der Waals surface area (Å²) < 4.78 is 22.8. The predicted octanol–water partition coefficient (Wildman–Crippen LogP) is 4.18. The van der Waals surface area contributed by atoms with Gasteiger partial charge in [0, 0.05) is 26.2 Å². The maximum Gasteiger partial charge on any atom is 0.338 e. The van der Waals surface area contributed by atoms with Crippen molar-refractivity contribution in [3.8, 4) is 5.75 Å². The molecule has 1 aromatic rings. The van der Waals surface area contributed by atoms with Crippen LogP contribution in [-0.2, 0) is 14.2 Å². The number of nitrogens with zero attached hydrogens (tertiary/aromatic N) is 1. The van der Waals surface area contributed by atoms with Crippen LogP contribution in [0.5, 0.6) is 5.75 Å². The van der Waals surface area contributed by atoms with Crippen molar-refractivity contribution >= 4 is 5.97 Å². The Hall–Kier alpha value is -1.63. The van der Waals surface area contributed by atoms with E-state index in [4.69, 9.17) is 18.9 Å². The summed E-state index contributed by atoms with van der Waals surface area (Å²) >= 11 is 0. The first-order valence-corrected chi connectivity index (χ1v) is 12.8. The molecule has 0 aromatic heterocycles. The summed E-state index contributed by atoms with van der Waals surface area (Å²) in [6.07, 6.45) is 9.53. The third kappa shape index (κ3) is 5.72. The summed E-state index contributed by atoms with van der Waals surface area (Å²) in [5.74, 6) is 3.33. The number of hydrogen-bond donors (Lipinski definition) is 0. The SMILES string of the molecule is COc1ccc(C(=O)O[C@H](COCCC23CC4CC(CC(C4)C2)C3)CN2CCOCC2)cc1. The second-order valence-electron chi connectivity index (χ2n) is 10.9. The van der Waals surface area contributed by atoms with Gasteiger partial charge in [0.25, 0.3) is 0 Å². The van der Waals surface area contributed by atoms with Gasteiger partial charge in [-0.1, -0.05) is 0 Å². The molecule has 4 bridgehead atoms. The van der Waals surface area contributed by atoms with E-state index in [1.165, 1.54) is 38.5 Å². The van der Waals surface area contributed by atoms with E-state index in [1.54, 1.807) is 31.4 Å². The minimum atomic E-state index is -0.305. The van der Waals surface area contributed by atoms with Gasteiger partial charge < -0.3 is 18.9 Å². The number of morpholine rings is 1. The minimum Gasteiger partial charge on any atom is -0.497 e. The average molecular weight is 458 g/mol. The highest BCUT2D eigenvalue weighted by Crippen LogP contribution is 2.61. The van der Waals surface area contributed by atoms with Crippen LogP contribution in [0.15, 0.2) is 24.3 Å². The third-order valence-electron chi connectivity index (χ3n) is 8.41. The Bertz CT molecular complexity index is 753. The van der Waals surface area contributed by atoms with Crippen LogP contribution in [0.3, 0.4) is 0 Å². The molecule has 1 atom stereocenters. The van der Waals surface area contributed by atoms with Crippen LogP contribution in [0.25, 0.3) is 0 Å². The molecular formula is C27H39NO5. The second-order valence-corrected chi connectivity index (χ2v) is 10.9. The lowest BCUT2D eigenvalue weighted by Gasteiger charge is -2.57. The molecule has 0 unspecified atom stereocenters. The summed E-state index contributed by atoms with van der Waals surface area (Å²) in [7, 11) is 1.62. The van der Waals surface area contributed by atoms with Crippen LogP contribution < -0.4 is 4.74 Å². The summed E-state index contributed by atoms with van der Waals surface area (Å²) in [6.45, 7) is 5.09. The van der Waals surface area contributed by atoms with Crippen LogP contribution >= 0.6 is 0 Å². The molecule has 1 aromatic carbocycles. The fourth-order valence-corrected chi connectivity index (χ4v) is 7.24. The van der Waals surface area contributed by atoms with Gasteiger partial charge in [0.05, 0.1) is 32.5 Å². The Balaban J connectivity index is 1.14. The molecule has 6 heteroatoms. The summed E-state index contributed by atoms with van der Waals surface area (Å²) in [6, 6.07) is 7.08. The Morgan fingerprint density at radius 3 is 2.30 bits per heavy atom. The monoisotopic (exact) mass is 457 g/mol. The quantitative estimate of drug-likeness (QED) is 0.388. The average Bonchev–Trinajstić information content (AvgIpc) is 2.81. The van der Waals surface area contributed by atoms with Crippen LogP contribution in [-0.4, -0.2) is 70.1 Å². The van der Waals surface area contributed by atoms with Gasteiger partial charge in [-0.25, -0.2) is 4.79 Å². The van der Waals surface area contributed by atoms with Crippen molar-refractivity contribution in [1.82, 2.24) is 4.90 Å². The Morgan fingerprint density at radius 1 is 1.06 bits per heavy atom. The van der Waals surface area contributed by atoms with Gasteiger partial charge in [-0.2, -0.15) is 0 Å². The molecule has 4 aliphatic carbocycles. The molecular weight excluding hydrogens is 418 g/mol. The fourth-order valence-electron chi connectivity index (χ4n) is 7.24. The number of carbonyl (C=O) groups excluding carboxylic acids is 1. The number of benzene rings is 1. The Morgan fingerprint density at radius 2 is 1.70 bits per heavy atom. The third-order valence-corrected chi connectivity index (χ3v) is 8.41. The van der Waals surface area contributed by atoms with E-state index in [0.717, 1.165) is 62.8 Å². The summed E-state index contributed by atoms with van der Waals surface area (Å²) in [5.41, 5.74) is 1.06. The molecule has 6 nitrogen and oxygen atoms in total. The second kappa shape index (κ2) is 10.3. The van der Waals surface area contributed by atoms with Gasteiger partial charge in [0.1, 0.15) is 11.9 Å². The lowest BCUT2D eigenvalue weighted by atomic mass is 9.49. The number of ether oxygens (including phenoxy) is 4. The largest absolute Gasteiger partial charge is 0.497 e. The van der Waals surface area contributed by atoms with Gasteiger partial charge in [-0.05, 0) is 92.4 Å². The van der Waals surface area contributed by atoms with Crippen molar-refractivity contribution in [3.63, 3.8) is 0 Å². The first kappa shape index (κ1) is 23.1. The van der Waals surface area contributed by atoms with Crippen LogP contribution in [0.2, 0.25) is 0 Å². The Labute approximate surface area is 197 Å². The fraction of sp³-hybridized carbons (Fsp3) is 0.741. The maximum atomic E-state index is 12.8. The molecule has 5 fully saturated rings. The molecule has 1 heterocycles. The molecule has 33 heavy (non-hydrogen) atoms. The molecule has 1 saturated heterocycles. The zero-order chi connectivity index (χ0) is 22.7. The topological polar surface area (TPSA) is 57.2 Å². The van der Waals surface area contributed by atoms with E-state index >= 15 is 0 Å². The van der Waals surface area contributed by atoms with E-state index in [0.29, 0.717) is 24.1 Å².